The number of para-hydroxylation sites is 1. The molecule has 0 aliphatic carbocycles. The first-order valence-corrected chi connectivity index (χ1v) is 4.86. The van der Waals surface area contributed by atoms with Crippen molar-refractivity contribution in [3.63, 3.8) is 0 Å². The minimum absolute atomic E-state index is 0.416. The number of aromatic nitrogens is 2. The van der Waals surface area contributed by atoms with Gasteiger partial charge in [0.25, 0.3) is 0 Å². The summed E-state index contributed by atoms with van der Waals surface area (Å²) in [6, 6.07) is 7.00. The van der Waals surface area contributed by atoms with E-state index < -0.39 is 6.03 Å². The van der Waals surface area contributed by atoms with Gasteiger partial charge in [-0.2, -0.15) is 9.78 Å². The van der Waals surface area contributed by atoms with Gasteiger partial charge in [0.05, 0.1) is 0 Å². The molecule has 1 aliphatic rings. The van der Waals surface area contributed by atoms with Crippen LogP contribution in [0.1, 0.15) is 5.56 Å². The van der Waals surface area contributed by atoms with Crippen molar-refractivity contribution < 1.29 is 9.53 Å². The van der Waals surface area contributed by atoms with Gasteiger partial charge in [-0.25, -0.2) is 4.79 Å². The van der Waals surface area contributed by atoms with Crippen LogP contribution in [-0.2, 0) is 6.61 Å². The number of nitrogens with two attached hydrogens (primary N) is 1. The summed E-state index contributed by atoms with van der Waals surface area (Å²) in [6.45, 7) is 0.416. The fourth-order valence-corrected chi connectivity index (χ4v) is 1.80. The molecule has 80 valence electrons. The molecule has 2 heterocycles. The Morgan fingerprint density at radius 1 is 1.44 bits per heavy atom. The number of nitrogens with zero attached hydrogens (tertiary/aromatic N) is 2. The standard InChI is InChI=1S/C11H9N3O2/c12-11(15)14-5-7-6-16-9-4-2-1-3-8(9)10(7)13-14/h1-5H,6H2,(H2,12,15). The molecule has 1 aliphatic heterocycles. The summed E-state index contributed by atoms with van der Waals surface area (Å²) in [5.74, 6) is 0.782. The van der Waals surface area contributed by atoms with Gasteiger partial charge in [0, 0.05) is 17.3 Å². The summed E-state index contributed by atoms with van der Waals surface area (Å²) in [7, 11) is 0. The van der Waals surface area contributed by atoms with Crippen molar-refractivity contribution in [3.8, 4) is 17.0 Å². The summed E-state index contributed by atoms with van der Waals surface area (Å²) in [4.78, 5) is 11.0. The first kappa shape index (κ1) is 8.96. The number of carbonyl (C=O) groups is 1. The maximum Gasteiger partial charge on any atom is 0.339 e. The van der Waals surface area contributed by atoms with E-state index in [4.69, 9.17) is 10.5 Å². The zero-order valence-electron chi connectivity index (χ0n) is 8.38. The quantitative estimate of drug-likeness (QED) is 0.721. The number of hydrogen-bond acceptors (Lipinski definition) is 3. The number of amides is 1. The summed E-state index contributed by atoms with van der Waals surface area (Å²) < 4.78 is 6.67. The number of fused-ring (bicyclic) bond motifs is 3. The van der Waals surface area contributed by atoms with E-state index in [2.05, 4.69) is 5.10 Å². The van der Waals surface area contributed by atoms with Crippen LogP contribution in [0.4, 0.5) is 4.79 Å². The summed E-state index contributed by atoms with van der Waals surface area (Å²) in [5, 5.41) is 4.15. The molecule has 0 fully saturated rings. The van der Waals surface area contributed by atoms with Crippen LogP contribution in [-0.4, -0.2) is 15.8 Å². The fraction of sp³-hybridized carbons (Fsp3) is 0.0909. The lowest BCUT2D eigenvalue weighted by atomic mass is 10.1. The minimum atomic E-state index is -0.591. The molecule has 1 aromatic heterocycles. The highest BCUT2D eigenvalue weighted by atomic mass is 16.5. The Kier molecular flexibility index (Phi) is 1.73. The molecule has 2 N–H and O–H groups in total. The van der Waals surface area contributed by atoms with Gasteiger partial charge in [0.15, 0.2) is 0 Å². The third kappa shape index (κ3) is 1.18. The van der Waals surface area contributed by atoms with Gasteiger partial charge >= 0.3 is 6.03 Å². The second-order valence-electron chi connectivity index (χ2n) is 3.57. The van der Waals surface area contributed by atoms with Crippen molar-refractivity contribution in [2.75, 3.05) is 0 Å². The first-order valence-electron chi connectivity index (χ1n) is 4.86. The van der Waals surface area contributed by atoms with Crippen molar-refractivity contribution in [3.05, 3.63) is 36.0 Å². The lowest BCUT2D eigenvalue weighted by Gasteiger charge is -2.15. The molecule has 1 aromatic carbocycles. The topological polar surface area (TPSA) is 70.1 Å². The maximum absolute atomic E-state index is 11.0. The van der Waals surface area contributed by atoms with Crippen LogP contribution in [0.5, 0.6) is 5.75 Å². The normalized spacial score (nSPS) is 12.5. The Labute approximate surface area is 91.4 Å². The van der Waals surface area contributed by atoms with E-state index in [1.807, 2.05) is 24.3 Å². The van der Waals surface area contributed by atoms with Crippen LogP contribution in [0.2, 0.25) is 0 Å². The molecule has 0 bridgehead atoms. The molecule has 16 heavy (non-hydrogen) atoms. The second-order valence-corrected chi connectivity index (χ2v) is 3.57. The predicted molar refractivity (Wildman–Crippen MR) is 57.0 cm³/mol. The molecule has 5 heteroatoms. The molecule has 0 spiro atoms. The van der Waals surface area contributed by atoms with Crippen LogP contribution in [0.25, 0.3) is 11.3 Å². The molecule has 1 amide bonds. The van der Waals surface area contributed by atoms with Gasteiger partial charge in [0.2, 0.25) is 0 Å². The molecule has 0 saturated heterocycles. The van der Waals surface area contributed by atoms with E-state index in [0.29, 0.717) is 6.61 Å². The van der Waals surface area contributed by atoms with Crippen molar-refractivity contribution in [1.29, 1.82) is 0 Å². The highest BCUT2D eigenvalue weighted by Gasteiger charge is 2.21. The molecule has 5 nitrogen and oxygen atoms in total. The van der Waals surface area contributed by atoms with Gasteiger partial charge in [0.1, 0.15) is 18.1 Å². The zero-order chi connectivity index (χ0) is 11.1. The second kappa shape index (κ2) is 3.10. The lowest BCUT2D eigenvalue weighted by molar-refractivity contribution is 0.247. The Hall–Kier alpha value is -2.30. The average Bonchev–Trinajstić information content (AvgIpc) is 2.73. The van der Waals surface area contributed by atoms with E-state index in [-0.39, 0.29) is 0 Å². The summed E-state index contributed by atoms with van der Waals surface area (Å²) >= 11 is 0. The van der Waals surface area contributed by atoms with E-state index in [0.717, 1.165) is 27.3 Å². The van der Waals surface area contributed by atoms with E-state index >= 15 is 0 Å². The fourth-order valence-electron chi connectivity index (χ4n) is 1.80. The predicted octanol–water partition coefficient (Wildman–Crippen LogP) is 1.37. The molecule has 0 atom stereocenters. The van der Waals surface area contributed by atoms with Gasteiger partial charge in [-0.1, -0.05) is 12.1 Å². The largest absolute Gasteiger partial charge is 0.488 e. The molecule has 0 saturated carbocycles. The Bertz CT molecular complexity index is 574. The number of benzene rings is 1. The Morgan fingerprint density at radius 3 is 3.06 bits per heavy atom. The molecule has 0 radical (unpaired) electrons. The van der Waals surface area contributed by atoms with Gasteiger partial charge < -0.3 is 10.5 Å². The molecule has 3 rings (SSSR count). The number of ether oxygens (including phenoxy) is 1. The third-order valence-corrected chi connectivity index (χ3v) is 2.54. The van der Waals surface area contributed by atoms with Crippen LogP contribution >= 0.6 is 0 Å². The number of carbonyl (C=O) groups excluding carboxylic acids is 1. The molecular weight excluding hydrogens is 206 g/mol. The monoisotopic (exact) mass is 215 g/mol. The molecular formula is C11H9N3O2. The number of rotatable bonds is 0. The SMILES string of the molecule is NC(=O)n1cc2c(n1)-c1ccccc1OC2. The number of primary amides is 1. The van der Waals surface area contributed by atoms with E-state index in [1.165, 1.54) is 0 Å². The maximum atomic E-state index is 11.0. The van der Waals surface area contributed by atoms with Crippen LogP contribution in [0.15, 0.2) is 30.5 Å². The van der Waals surface area contributed by atoms with Crippen LogP contribution in [0.3, 0.4) is 0 Å². The Morgan fingerprint density at radius 2 is 2.25 bits per heavy atom. The zero-order valence-corrected chi connectivity index (χ0v) is 8.38. The van der Waals surface area contributed by atoms with Crippen LogP contribution in [0, 0.1) is 0 Å². The van der Waals surface area contributed by atoms with Crippen LogP contribution < -0.4 is 10.5 Å². The number of hydrogen-bond donors (Lipinski definition) is 1. The van der Waals surface area contributed by atoms with E-state index in [9.17, 15) is 4.79 Å². The molecule has 2 aromatic rings. The van der Waals surface area contributed by atoms with Crippen molar-refractivity contribution >= 4 is 6.03 Å². The first-order chi connectivity index (χ1) is 7.75. The highest BCUT2D eigenvalue weighted by Crippen LogP contribution is 2.35. The third-order valence-electron chi connectivity index (χ3n) is 2.54. The van der Waals surface area contributed by atoms with Crippen molar-refractivity contribution in [1.82, 2.24) is 9.78 Å². The summed E-state index contributed by atoms with van der Waals surface area (Å²) in [6.07, 6.45) is 1.60. The van der Waals surface area contributed by atoms with Gasteiger partial charge in [-0.15, -0.1) is 0 Å². The van der Waals surface area contributed by atoms with Gasteiger partial charge in [-0.3, -0.25) is 0 Å². The van der Waals surface area contributed by atoms with Crippen molar-refractivity contribution in [2.24, 2.45) is 5.73 Å². The summed E-state index contributed by atoms with van der Waals surface area (Å²) in [5.41, 5.74) is 7.70. The average molecular weight is 215 g/mol. The van der Waals surface area contributed by atoms with Crippen molar-refractivity contribution in [2.45, 2.75) is 6.61 Å². The molecule has 0 unspecified atom stereocenters. The minimum Gasteiger partial charge on any atom is -0.488 e. The van der Waals surface area contributed by atoms with E-state index in [1.54, 1.807) is 6.20 Å². The highest BCUT2D eigenvalue weighted by molar-refractivity contribution is 5.77. The lowest BCUT2D eigenvalue weighted by Crippen LogP contribution is -2.19. The Balaban J connectivity index is 2.20. The smallest absolute Gasteiger partial charge is 0.339 e. The van der Waals surface area contributed by atoms with Gasteiger partial charge in [-0.05, 0) is 12.1 Å².